The van der Waals surface area contributed by atoms with Crippen molar-refractivity contribution in [1.29, 1.82) is 0 Å². The van der Waals surface area contributed by atoms with Gasteiger partial charge in [-0.2, -0.15) is 0 Å². The Morgan fingerprint density at radius 3 is 2.90 bits per heavy atom. The second kappa shape index (κ2) is 6.50. The lowest BCUT2D eigenvalue weighted by molar-refractivity contribution is 0.708. The lowest BCUT2D eigenvalue weighted by atomic mass is 10.2. The van der Waals surface area contributed by atoms with Crippen LogP contribution in [-0.2, 0) is 13.0 Å². The summed E-state index contributed by atoms with van der Waals surface area (Å²) in [5.74, 6) is 0. The van der Waals surface area contributed by atoms with E-state index in [0.717, 1.165) is 43.0 Å². The summed E-state index contributed by atoms with van der Waals surface area (Å²) in [6.45, 7) is 4.85. The Bertz CT molecular complexity index is 717. The molecule has 0 unspecified atom stereocenters. The van der Waals surface area contributed by atoms with E-state index in [9.17, 15) is 0 Å². The number of rotatable bonds is 6. The zero-order valence-corrected chi connectivity index (χ0v) is 12.3. The van der Waals surface area contributed by atoms with E-state index in [4.69, 9.17) is 4.98 Å². The van der Waals surface area contributed by atoms with Gasteiger partial charge in [-0.3, -0.25) is 4.98 Å². The van der Waals surface area contributed by atoms with Crippen LogP contribution in [0.25, 0.3) is 10.9 Å². The largest absolute Gasteiger partial charge is 0.331 e. The normalized spacial score (nSPS) is 11.1. The topological polar surface area (TPSA) is 42.7 Å². The molecular weight excluding hydrogens is 260 g/mol. The molecule has 0 saturated carbocycles. The van der Waals surface area contributed by atoms with Crippen molar-refractivity contribution >= 4 is 10.9 Å². The Hall–Kier alpha value is -2.20. The third-order valence-corrected chi connectivity index (χ3v) is 3.50. The summed E-state index contributed by atoms with van der Waals surface area (Å²) >= 11 is 0. The molecule has 3 rings (SSSR count). The minimum absolute atomic E-state index is 0.763. The van der Waals surface area contributed by atoms with Gasteiger partial charge >= 0.3 is 0 Å². The van der Waals surface area contributed by atoms with E-state index in [2.05, 4.69) is 52.3 Å². The van der Waals surface area contributed by atoms with Crippen molar-refractivity contribution in [3.63, 3.8) is 0 Å². The van der Waals surface area contributed by atoms with Gasteiger partial charge in [0.1, 0.15) is 0 Å². The van der Waals surface area contributed by atoms with Crippen LogP contribution >= 0.6 is 0 Å². The van der Waals surface area contributed by atoms with Gasteiger partial charge in [-0.15, -0.1) is 0 Å². The van der Waals surface area contributed by atoms with Crippen LogP contribution in [0.1, 0.15) is 18.3 Å². The number of likely N-dealkylation sites (N-methyl/N-ethyl adjacent to an activating group) is 1. The van der Waals surface area contributed by atoms with Crippen LogP contribution in [0.2, 0.25) is 0 Å². The monoisotopic (exact) mass is 280 g/mol. The number of hydrogen-bond donors (Lipinski definition) is 1. The number of imidazole rings is 1. The number of nitrogens with one attached hydrogen (secondary N) is 1. The molecule has 0 spiro atoms. The number of aromatic nitrogens is 3. The maximum Gasteiger partial charge on any atom is 0.0953 e. The highest BCUT2D eigenvalue weighted by atomic mass is 15.0. The predicted molar refractivity (Wildman–Crippen MR) is 85.3 cm³/mol. The molecule has 21 heavy (non-hydrogen) atoms. The van der Waals surface area contributed by atoms with Crippen molar-refractivity contribution in [3.05, 3.63) is 60.3 Å². The Morgan fingerprint density at radius 2 is 2.00 bits per heavy atom. The molecule has 0 aliphatic rings. The molecule has 0 fully saturated rings. The smallest absolute Gasteiger partial charge is 0.0953 e. The first-order valence-corrected chi connectivity index (χ1v) is 7.41. The van der Waals surface area contributed by atoms with Crippen LogP contribution in [0.5, 0.6) is 0 Å². The second-order valence-electron chi connectivity index (χ2n) is 5.14. The van der Waals surface area contributed by atoms with Gasteiger partial charge in [-0.1, -0.05) is 31.2 Å². The van der Waals surface area contributed by atoms with E-state index in [0.29, 0.717) is 0 Å². The number of nitrogens with zero attached hydrogens (tertiary/aromatic N) is 3. The first kappa shape index (κ1) is 13.8. The van der Waals surface area contributed by atoms with Gasteiger partial charge in [0.05, 0.1) is 29.8 Å². The van der Waals surface area contributed by atoms with Crippen molar-refractivity contribution in [3.8, 4) is 0 Å². The molecule has 0 radical (unpaired) electrons. The highest BCUT2D eigenvalue weighted by Crippen LogP contribution is 2.12. The average Bonchev–Trinajstić information content (AvgIpc) is 2.95. The van der Waals surface area contributed by atoms with E-state index in [-0.39, 0.29) is 0 Å². The van der Waals surface area contributed by atoms with Gasteiger partial charge in [-0.25, -0.2) is 4.98 Å². The third kappa shape index (κ3) is 3.47. The number of hydrogen-bond acceptors (Lipinski definition) is 3. The molecule has 2 aromatic heterocycles. The Labute approximate surface area is 124 Å². The minimum Gasteiger partial charge on any atom is -0.331 e. The summed E-state index contributed by atoms with van der Waals surface area (Å²) in [5, 5.41) is 4.49. The first-order chi connectivity index (χ1) is 10.3. The molecule has 0 amide bonds. The van der Waals surface area contributed by atoms with Gasteiger partial charge in [0.25, 0.3) is 0 Å². The fourth-order valence-corrected chi connectivity index (χ4v) is 2.40. The summed E-state index contributed by atoms with van der Waals surface area (Å²) in [6, 6.07) is 12.4. The lowest BCUT2D eigenvalue weighted by Crippen LogP contribution is -2.16. The zero-order chi connectivity index (χ0) is 14.5. The van der Waals surface area contributed by atoms with E-state index in [1.165, 1.54) is 5.39 Å². The average molecular weight is 280 g/mol. The summed E-state index contributed by atoms with van der Waals surface area (Å²) in [6.07, 6.45) is 4.96. The number of fused-ring (bicyclic) bond motifs is 1. The molecule has 2 heterocycles. The molecule has 0 aliphatic heterocycles. The van der Waals surface area contributed by atoms with Gasteiger partial charge < -0.3 is 9.88 Å². The fourth-order valence-electron chi connectivity index (χ4n) is 2.40. The molecule has 0 aliphatic carbocycles. The third-order valence-electron chi connectivity index (χ3n) is 3.50. The Morgan fingerprint density at radius 1 is 1.10 bits per heavy atom. The van der Waals surface area contributed by atoms with Crippen LogP contribution in [0, 0.1) is 0 Å². The molecule has 1 aromatic carbocycles. The molecule has 108 valence electrons. The minimum atomic E-state index is 0.763. The maximum atomic E-state index is 4.69. The molecule has 4 heteroatoms. The molecule has 0 atom stereocenters. The quantitative estimate of drug-likeness (QED) is 0.706. The Balaban J connectivity index is 1.70. The van der Waals surface area contributed by atoms with Crippen molar-refractivity contribution in [1.82, 2.24) is 19.9 Å². The van der Waals surface area contributed by atoms with Crippen molar-refractivity contribution in [2.45, 2.75) is 19.9 Å². The van der Waals surface area contributed by atoms with E-state index in [1.54, 1.807) is 0 Å². The van der Waals surface area contributed by atoms with E-state index >= 15 is 0 Å². The molecule has 1 N–H and O–H groups in total. The van der Waals surface area contributed by atoms with E-state index in [1.807, 2.05) is 18.5 Å². The van der Waals surface area contributed by atoms with Crippen molar-refractivity contribution < 1.29 is 0 Å². The van der Waals surface area contributed by atoms with Gasteiger partial charge in [-0.05, 0) is 18.7 Å². The zero-order valence-electron chi connectivity index (χ0n) is 12.3. The van der Waals surface area contributed by atoms with Crippen LogP contribution in [0.3, 0.4) is 0 Å². The van der Waals surface area contributed by atoms with E-state index < -0.39 is 0 Å². The summed E-state index contributed by atoms with van der Waals surface area (Å²) in [5.41, 5.74) is 3.23. The predicted octanol–water partition coefficient (Wildman–Crippen LogP) is 2.63. The van der Waals surface area contributed by atoms with Crippen LogP contribution in [0.4, 0.5) is 0 Å². The molecular formula is C17H20N4. The molecule has 3 aromatic rings. The van der Waals surface area contributed by atoms with Crippen LogP contribution < -0.4 is 5.32 Å². The van der Waals surface area contributed by atoms with Crippen LogP contribution in [0.15, 0.2) is 48.9 Å². The van der Waals surface area contributed by atoms with Crippen molar-refractivity contribution in [2.75, 3.05) is 13.1 Å². The SMILES string of the molecule is CCNCCc1cn(Cc2ccc3ccccc3n2)cn1. The van der Waals surface area contributed by atoms with Gasteiger partial charge in [0, 0.05) is 24.5 Å². The van der Waals surface area contributed by atoms with Crippen molar-refractivity contribution in [2.24, 2.45) is 0 Å². The molecule has 0 bridgehead atoms. The molecule has 0 saturated heterocycles. The summed E-state index contributed by atoms with van der Waals surface area (Å²) < 4.78 is 2.10. The number of pyridine rings is 1. The second-order valence-corrected chi connectivity index (χ2v) is 5.14. The highest BCUT2D eigenvalue weighted by molar-refractivity contribution is 5.78. The Kier molecular flexibility index (Phi) is 4.26. The summed E-state index contributed by atoms with van der Waals surface area (Å²) in [7, 11) is 0. The van der Waals surface area contributed by atoms with Gasteiger partial charge in [0.15, 0.2) is 0 Å². The number of benzene rings is 1. The fraction of sp³-hybridized carbons (Fsp3) is 0.294. The van der Waals surface area contributed by atoms with Crippen LogP contribution in [-0.4, -0.2) is 27.6 Å². The van der Waals surface area contributed by atoms with Gasteiger partial charge in [0.2, 0.25) is 0 Å². The standard InChI is InChI=1S/C17H20N4/c1-2-18-10-9-15-11-21(13-19-15)12-16-8-7-14-5-3-4-6-17(14)20-16/h3-8,11,13,18H,2,9-10,12H2,1H3. The summed E-state index contributed by atoms with van der Waals surface area (Å²) in [4.78, 5) is 9.14. The lowest BCUT2D eigenvalue weighted by Gasteiger charge is -2.03. The first-order valence-electron chi connectivity index (χ1n) is 7.41. The highest BCUT2D eigenvalue weighted by Gasteiger charge is 2.02. The molecule has 4 nitrogen and oxygen atoms in total. The maximum absolute atomic E-state index is 4.69. The number of para-hydroxylation sites is 1.